The fourth-order valence-corrected chi connectivity index (χ4v) is 3.93. The van der Waals surface area contributed by atoms with Crippen molar-refractivity contribution in [1.29, 1.82) is 0 Å². The molecule has 0 amide bonds. The number of hydrogen-bond donors (Lipinski definition) is 1. The number of nitrogens with zero attached hydrogens (tertiary/aromatic N) is 4. The van der Waals surface area contributed by atoms with E-state index in [2.05, 4.69) is 9.97 Å². The van der Waals surface area contributed by atoms with Crippen molar-refractivity contribution in [3.63, 3.8) is 0 Å². The van der Waals surface area contributed by atoms with Gasteiger partial charge in [-0.15, -0.1) is 0 Å². The fraction of sp³-hybridized carbons (Fsp3) is 0.375. The Hall–Kier alpha value is -3.13. The van der Waals surface area contributed by atoms with E-state index in [0.29, 0.717) is 43.0 Å². The largest absolute Gasteiger partial charge is 0.490 e. The number of fused-ring (bicyclic) bond motifs is 1. The zero-order valence-electron chi connectivity index (χ0n) is 18.0. The summed E-state index contributed by atoms with van der Waals surface area (Å²) >= 11 is 0. The number of unbranched alkanes of at least 4 members (excludes halogenated alkanes) is 2. The minimum atomic E-state index is -0.982. The van der Waals surface area contributed by atoms with Crippen molar-refractivity contribution >= 4 is 5.69 Å². The molecule has 1 N–H and O–H groups in total. The van der Waals surface area contributed by atoms with Gasteiger partial charge >= 0.3 is 0 Å². The van der Waals surface area contributed by atoms with Gasteiger partial charge in [0.15, 0.2) is 17.4 Å². The van der Waals surface area contributed by atoms with Gasteiger partial charge in [0.25, 0.3) is 0 Å². The number of ether oxygens (including phenoxy) is 1. The Kier molecular flexibility index (Phi) is 6.90. The van der Waals surface area contributed by atoms with Crippen LogP contribution in [0, 0.1) is 11.6 Å². The number of benzene rings is 1. The third kappa shape index (κ3) is 4.70. The zero-order valence-corrected chi connectivity index (χ0v) is 18.0. The molecule has 168 valence electrons. The third-order valence-corrected chi connectivity index (χ3v) is 5.67. The van der Waals surface area contributed by atoms with E-state index in [-0.39, 0.29) is 25.0 Å². The van der Waals surface area contributed by atoms with Gasteiger partial charge in [-0.1, -0.05) is 6.07 Å². The normalized spacial score (nSPS) is 15.5. The minimum absolute atomic E-state index is 0.0938. The van der Waals surface area contributed by atoms with E-state index in [0.717, 1.165) is 17.7 Å². The molecule has 3 aromatic rings. The van der Waals surface area contributed by atoms with Crippen molar-refractivity contribution in [3.05, 3.63) is 65.6 Å². The van der Waals surface area contributed by atoms with Crippen LogP contribution in [0.4, 0.5) is 14.5 Å². The van der Waals surface area contributed by atoms with Crippen LogP contribution >= 0.6 is 0 Å². The highest BCUT2D eigenvalue weighted by Gasteiger charge is 2.28. The van der Waals surface area contributed by atoms with Crippen molar-refractivity contribution in [3.8, 4) is 17.3 Å². The summed E-state index contributed by atoms with van der Waals surface area (Å²) < 4.78 is 34.1. The Morgan fingerprint density at radius 2 is 2.03 bits per heavy atom. The molecule has 0 saturated carbocycles. The van der Waals surface area contributed by atoms with Gasteiger partial charge in [0, 0.05) is 55.3 Å². The Morgan fingerprint density at radius 3 is 2.81 bits per heavy atom. The second-order valence-electron chi connectivity index (χ2n) is 7.80. The molecule has 6 nitrogen and oxygen atoms in total. The van der Waals surface area contributed by atoms with Crippen molar-refractivity contribution in [1.82, 2.24) is 15.0 Å². The lowest BCUT2D eigenvalue weighted by Gasteiger charge is -2.36. The molecular formula is C24H26F2N4O2. The summed E-state index contributed by atoms with van der Waals surface area (Å²) in [6, 6.07) is 8.25. The molecule has 1 unspecified atom stereocenters. The first-order chi connectivity index (χ1) is 15.6. The molecule has 0 radical (unpaired) electrons. The summed E-state index contributed by atoms with van der Waals surface area (Å²) in [5, 5.41) is 8.84. The van der Waals surface area contributed by atoms with E-state index in [1.54, 1.807) is 18.5 Å². The van der Waals surface area contributed by atoms with Crippen LogP contribution in [0.1, 0.15) is 43.5 Å². The summed E-state index contributed by atoms with van der Waals surface area (Å²) in [4.78, 5) is 15.5. The first-order valence-electron chi connectivity index (χ1n) is 10.8. The summed E-state index contributed by atoms with van der Waals surface area (Å²) in [5.41, 5.74) is 3.16. The molecule has 0 spiro atoms. The van der Waals surface area contributed by atoms with Gasteiger partial charge in [-0.25, -0.2) is 14.4 Å². The maximum absolute atomic E-state index is 14.3. The Balaban J connectivity index is 1.54. The molecule has 1 atom stereocenters. The smallest absolute Gasteiger partial charge is 0.200 e. The van der Waals surface area contributed by atoms with Gasteiger partial charge in [-0.05, 0) is 38.3 Å². The Morgan fingerprint density at radius 1 is 1.16 bits per heavy atom. The predicted molar refractivity (Wildman–Crippen MR) is 118 cm³/mol. The topological polar surface area (TPSA) is 71.4 Å². The van der Waals surface area contributed by atoms with Crippen molar-refractivity contribution in [2.24, 2.45) is 0 Å². The van der Waals surface area contributed by atoms with Crippen LogP contribution in [0.3, 0.4) is 0 Å². The average molecular weight is 440 g/mol. The number of aromatic nitrogens is 3. The minimum Gasteiger partial charge on any atom is -0.490 e. The summed E-state index contributed by atoms with van der Waals surface area (Å²) in [6.07, 6.45) is 6.24. The molecule has 4 rings (SSSR count). The highest BCUT2D eigenvalue weighted by atomic mass is 19.2. The number of anilines is 1. The molecule has 2 aromatic heterocycles. The second-order valence-corrected chi connectivity index (χ2v) is 7.80. The van der Waals surface area contributed by atoms with Crippen LogP contribution in [0.15, 0.2) is 42.7 Å². The average Bonchev–Trinajstić information content (AvgIpc) is 2.82. The highest BCUT2D eigenvalue weighted by Crippen LogP contribution is 2.36. The lowest BCUT2D eigenvalue weighted by atomic mass is 9.98. The predicted octanol–water partition coefficient (Wildman–Crippen LogP) is 4.48. The standard InChI is InChI=1S/C24H26F2N4O2/c1-16-18-15-28-24(21-7-3-4-9-27-21)29-20(18)8-10-30(16)17-13-19(25)23(26)22(14-17)32-12-6-2-5-11-31/h3-4,7,9,13-16,31H,2,5-6,8,10-12H2,1H3. The third-order valence-electron chi connectivity index (χ3n) is 5.67. The summed E-state index contributed by atoms with van der Waals surface area (Å²) in [5.74, 6) is -1.43. The summed E-state index contributed by atoms with van der Waals surface area (Å²) in [6.45, 7) is 2.98. The lowest BCUT2D eigenvalue weighted by Crippen LogP contribution is -2.35. The van der Waals surface area contributed by atoms with Crippen LogP contribution in [0.5, 0.6) is 5.75 Å². The number of pyridine rings is 1. The van der Waals surface area contributed by atoms with Crippen LogP contribution in [0.2, 0.25) is 0 Å². The molecule has 0 aliphatic carbocycles. The molecule has 1 aliphatic heterocycles. The zero-order chi connectivity index (χ0) is 22.5. The Labute approximate surface area is 185 Å². The SMILES string of the molecule is CC1c2cnc(-c3ccccn3)nc2CCN1c1cc(F)c(F)c(OCCCCCO)c1. The van der Waals surface area contributed by atoms with E-state index in [1.165, 1.54) is 6.07 Å². The molecule has 3 heterocycles. The first kappa shape index (κ1) is 22.1. The molecule has 0 saturated heterocycles. The lowest BCUT2D eigenvalue weighted by molar-refractivity contribution is 0.260. The number of halogens is 2. The summed E-state index contributed by atoms with van der Waals surface area (Å²) in [7, 11) is 0. The van der Waals surface area contributed by atoms with Gasteiger partial charge in [0.05, 0.1) is 18.3 Å². The molecule has 0 bridgehead atoms. The number of aliphatic hydroxyl groups is 1. The van der Waals surface area contributed by atoms with E-state index in [1.807, 2.05) is 30.0 Å². The molecule has 0 fully saturated rings. The fourth-order valence-electron chi connectivity index (χ4n) is 3.93. The van der Waals surface area contributed by atoms with Gasteiger partial charge < -0.3 is 14.7 Å². The molecule has 1 aromatic carbocycles. The van der Waals surface area contributed by atoms with E-state index >= 15 is 0 Å². The molecule has 1 aliphatic rings. The van der Waals surface area contributed by atoms with Gasteiger partial charge in [-0.2, -0.15) is 4.39 Å². The van der Waals surface area contributed by atoms with Crippen LogP contribution in [0.25, 0.3) is 11.5 Å². The maximum atomic E-state index is 14.3. The van der Waals surface area contributed by atoms with Crippen molar-refractivity contribution in [2.45, 2.75) is 38.6 Å². The highest BCUT2D eigenvalue weighted by molar-refractivity contribution is 5.56. The van der Waals surface area contributed by atoms with Gasteiger partial charge in [0.1, 0.15) is 5.69 Å². The quantitative estimate of drug-likeness (QED) is 0.521. The van der Waals surface area contributed by atoms with Crippen molar-refractivity contribution < 1.29 is 18.6 Å². The molecule has 8 heteroatoms. The van der Waals surface area contributed by atoms with Gasteiger partial charge in [0.2, 0.25) is 5.82 Å². The van der Waals surface area contributed by atoms with Crippen molar-refractivity contribution in [2.75, 3.05) is 24.7 Å². The Bertz CT molecular complexity index is 1070. The van der Waals surface area contributed by atoms with E-state index < -0.39 is 11.6 Å². The number of hydrogen-bond acceptors (Lipinski definition) is 6. The van der Waals surface area contributed by atoms with Gasteiger partial charge in [-0.3, -0.25) is 4.98 Å². The second kappa shape index (κ2) is 9.99. The maximum Gasteiger partial charge on any atom is 0.200 e. The van der Waals surface area contributed by atoms with Crippen LogP contribution in [-0.4, -0.2) is 39.8 Å². The molecular weight excluding hydrogens is 414 g/mol. The number of aliphatic hydroxyl groups excluding tert-OH is 1. The van der Waals surface area contributed by atoms with E-state index in [9.17, 15) is 8.78 Å². The molecule has 32 heavy (non-hydrogen) atoms. The van der Waals surface area contributed by atoms with E-state index in [4.69, 9.17) is 14.8 Å². The number of rotatable bonds is 8. The van der Waals surface area contributed by atoms with Crippen LogP contribution < -0.4 is 9.64 Å². The monoisotopic (exact) mass is 440 g/mol. The van der Waals surface area contributed by atoms with Crippen LogP contribution in [-0.2, 0) is 6.42 Å². The first-order valence-corrected chi connectivity index (χ1v) is 10.8.